The summed E-state index contributed by atoms with van der Waals surface area (Å²) in [5.74, 6) is 1.73. The molecule has 0 saturated carbocycles. The lowest BCUT2D eigenvalue weighted by Gasteiger charge is -2.18. The molecule has 0 radical (unpaired) electrons. The van der Waals surface area contributed by atoms with Crippen LogP contribution in [-0.2, 0) is 12.8 Å². The van der Waals surface area contributed by atoms with Gasteiger partial charge < -0.3 is 16.8 Å². The summed E-state index contributed by atoms with van der Waals surface area (Å²) in [5.41, 5.74) is 5.08. The molecule has 1 atom stereocenters. The molecule has 26 heavy (non-hydrogen) atoms. The zero-order chi connectivity index (χ0) is 17.0. The van der Waals surface area contributed by atoms with E-state index in [1.54, 1.807) is 17.6 Å². The first-order valence-electron chi connectivity index (χ1n) is 8.75. The quantitative estimate of drug-likeness (QED) is 0.512. The fraction of sp³-hybridized carbons (Fsp3) is 0.286. The van der Waals surface area contributed by atoms with Crippen molar-refractivity contribution in [1.29, 1.82) is 0 Å². The van der Waals surface area contributed by atoms with Gasteiger partial charge in [0.05, 0.1) is 16.8 Å². The molecule has 0 saturated heterocycles. The van der Waals surface area contributed by atoms with Crippen molar-refractivity contribution < 1.29 is 16.8 Å². The Balaban J connectivity index is 0.00000168. The lowest BCUT2D eigenvalue weighted by molar-refractivity contribution is -0.00000538. The fourth-order valence-corrected chi connectivity index (χ4v) is 6.11. The van der Waals surface area contributed by atoms with Gasteiger partial charge in [0.2, 0.25) is 0 Å². The second-order valence-electron chi connectivity index (χ2n) is 6.95. The number of aromatic nitrogens is 1. The van der Waals surface area contributed by atoms with Gasteiger partial charge in [-0.1, -0.05) is 13.0 Å². The van der Waals surface area contributed by atoms with Crippen molar-refractivity contribution in [3.05, 3.63) is 51.9 Å². The molecule has 4 aromatic heterocycles. The standard InChI is InChI=1S/C21H19NOS2.ClH/c1-12-7-8-14-17(11-12)25-21-19(14)18(15-5-3-9-23-15)13(2)20(22-21)16-6-4-10-24-16;/h3-6,9-10,12H,7-8,11H2,1-2H3;1H/p-1. The van der Waals surface area contributed by atoms with Gasteiger partial charge in [0.1, 0.15) is 10.6 Å². The van der Waals surface area contributed by atoms with Crippen LogP contribution in [0.1, 0.15) is 29.3 Å². The Labute approximate surface area is 167 Å². The lowest BCUT2D eigenvalue weighted by atomic mass is 9.87. The topological polar surface area (TPSA) is 26.0 Å². The SMILES string of the molecule is Cc1c(-c2cccs2)nc2sc3c(c2c1-c1ccco1)CCC(C)C3.[Cl-]. The van der Waals surface area contributed by atoms with Crippen molar-refractivity contribution >= 4 is 32.9 Å². The number of pyridine rings is 1. The summed E-state index contributed by atoms with van der Waals surface area (Å²) in [4.78, 5) is 9.02. The van der Waals surface area contributed by atoms with E-state index in [4.69, 9.17) is 9.40 Å². The molecule has 5 rings (SSSR count). The first-order chi connectivity index (χ1) is 12.2. The molecule has 5 heteroatoms. The Morgan fingerprint density at radius 3 is 2.85 bits per heavy atom. The van der Waals surface area contributed by atoms with Gasteiger partial charge in [-0.15, -0.1) is 22.7 Å². The Kier molecular flexibility index (Phi) is 4.68. The smallest absolute Gasteiger partial charge is 0.134 e. The minimum absolute atomic E-state index is 0. The van der Waals surface area contributed by atoms with Crippen LogP contribution < -0.4 is 12.4 Å². The molecule has 0 spiro atoms. The summed E-state index contributed by atoms with van der Waals surface area (Å²) in [6.07, 6.45) is 5.37. The molecule has 4 heterocycles. The number of hydrogen-bond donors (Lipinski definition) is 0. The molecule has 0 aromatic carbocycles. The summed E-state index contributed by atoms with van der Waals surface area (Å²) in [5, 5.41) is 3.45. The highest BCUT2D eigenvalue weighted by Crippen LogP contribution is 2.45. The average Bonchev–Trinajstić information content (AvgIpc) is 3.34. The van der Waals surface area contributed by atoms with Crippen LogP contribution in [0, 0.1) is 12.8 Å². The molecule has 0 N–H and O–H groups in total. The van der Waals surface area contributed by atoms with Gasteiger partial charge in [-0.25, -0.2) is 4.98 Å². The van der Waals surface area contributed by atoms with E-state index in [1.807, 2.05) is 17.4 Å². The van der Waals surface area contributed by atoms with E-state index in [-0.39, 0.29) is 12.4 Å². The Morgan fingerprint density at radius 2 is 2.12 bits per heavy atom. The zero-order valence-electron chi connectivity index (χ0n) is 14.7. The van der Waals surface area contributed by atoms with Crippen molar-refractivity contribution in [2.45, 2.75) is 33.1 Å². The van der Waals surface area contributed by atoms with Gasteiger partial charge in [0.15, 0.2) is 0 Å². The maximum atomic E-state index is 5.84. The number of rotatable bonds is 2. The third-order valence-electron chi connectivity index (χ3n) is 5.21. The molecular formula is C21H19ClNOS2-. The predicted octanol–water partition coefficient (Wildman–Crippen LogP) is 3.72. The summed E-state index contributed by atoms with van der Waals surface area (Å²) >= 11 is 3.64. The molecule has 134 valence electrons. The highest BCUT2D eigenvalue weighted by atomic mass is 35.5. The van der Waals surface area contributed by atoms with Gasteiger partial charge in [0.25, 0.3) is 0 Å². The Morgan fingerprint density at radius 1 is 1.23 bits per heavy atom. The number of nitrogens with zero attached hydrogens (tertiary/aromatic N) is 1. The second-order valence-corrected chi connectivity index (χ2v) is 8.98. The molecular weight excluding hydrogens is 382 g/mol. The van der Waals surface area contributed by atoms with Gasteiger partial charge >= 0.3 is 0 Å². The van der Waals surface area contributed by atoms with E-state index in [2.05, 4.69) is 37.4 Å². The molecule has 0 aliphatic heterocycles. The molecule has 1 aliphatic carbocycles. The van der Waals surface area contributed by atoms with Crippen molar-refractivity contribution in [3.63, 3.8) is 0 Å². The van der Waals surface area contributed by atoms with Crippen LogP contribution in [0.4, 0.5) is 0 Å². The van der Waals surface area contributed by atoms with E-state index >= 15 is 0 Å². The largest absolute Gasteiger partial charge is 1.00 e. The first-order valence-corrected chi connectivity index (χ1v) is 10.4. The summed E-state index contributed by atoms with van der Waals surface area (Å²) in [6, 6.07) is 8.31. The third-order valence-corrected chi connectivity index (χ3v) is 7.23. The van der Waals surface area contributed by atoms with Crippen LogP contribution in [0.15, 0.2) is 40.3 Å². The Bertz CT molecular complexity index is 1050. The Hall–Kier alpha value is -1.62. The minimum Gasteiger partial charge on any atom is -1.00 e. The minimum atomic E-state index is 0. The summed E-state index contributed by atoms with van der Waals surface area (Å²) < 4.78 is 5.84. The molecule has 1 unspecified atom stereocenters. The predicted molar refractivity (Wildman–Crippen MR) is 107 cm³/mol. The zero-order valence-corrected chi connectivity index (χ0v) is 17.1. The van der Waals surface area contributed by atoms with Crippen LogP contribution in [0.25, 0.3) is 32.1 Å². The van der Waals surface area contributed by atoms with E-state index < -0.39 is 0 Å². The first kappa shape index (κ1) is 17.8. The van der Waals surface area contributed by atoms with Crippen LogP contribution in [0.2, 0.25) is 0 Å². The molecule has 2 nitrogen and oxygen atoms in total. The maximum absolute atomic E-state index is 5.84. The third kappa shape index (κ3) is 2.72. The fourth-order valence-electron chi connectivity index (χ4n) is 3.95. The van der Waals surface area contributed by atoms with Crippen molar-refractivity contribution in [2.24, 2.45) is 5.92 Å². The summed E-state index contributed by atoms with van der Waals surface area (Å²) in [6.45, 7) is 4.55. The van der Waals surface area contributed by atoms with Crippen LogP contribution in [0.5, 0.6) is 0 Å². The lowest BCUT2D eigenvalue weighted by Crippen LogP contribution is -3.00. The number of fused-ring (bicyclic) bond motifs is 3. The molecule has 0 fully saturated rings. The molecule has 0 bridgehead atoms. The van der Waals surface area contributed by atoms with Gasteiger partial charge in [-0.2, -0.15) is 0 Å². The van der Waals surface area contributed by atoms with Crippen molar-refractivity contribution in [3.8, 4) is 21.9 Å². The number of furan rings is 1. The van der Waals surface area contributed by atoms with E-state index in [0.29, 0.717) is 0 Å². The number of aryl methyl sites for hydroxylation is 1. The molecule has 1 aliphatic rings. The normalized spacial score (nSPS) is 16.5. The van der Waals surface area contributed by atoms with Gasteiger partial charge in [0, 0.05) is 15.8 Å². The van der Waals surface area contributed by atoms with Crippen molar-refractivity contribution in [1.82, 2.24) is 4.98 Å². The number of halogens is 1. The molecule has 4 aromatic rings. The number of hydrogen-bond acceptors (Lipinski definition) is 4. The van der Waals surface area contributed by atoms with Gasteiger partial charge in [-0.05, 0) is 66.8 Å². The van der Waals surface area contributed by atoms with E-state index in [1.165, 1.54) is 49.5 Å². The maximum Gasteiger partial charge on any atom is 0.134 e. The van der Waals surface area contributed by atoms with E-state index in [9.17, 15) is 0 Å². The summed E-state index contributed by atoms with van der Waals surface area (Å²) in [7, 11) is 0. The molecule has 0 amide bonds. The van der Waals surface area contributed by atoms with Gasteiger partial charge in [-0.3, -0.25) is 0 Å². The number of thiophene rings is 2. The van der Waals surface area contributed by atoms with Crippen molar-refractivity contribution in [2.75, 3.05) is 0 Å². The average molecular weight is 401 g/mol. The highest BCUT2D eigenvalue weighted by molar-refractivity contribution is 7.19. The second kappa shape index (κ2) is 6.84. The highest BCUT2D eigenvalue weighted by Gasteiger charge is 2.26. The van der Waals surface area contributed by atoms with Crippen LogP contribution >= 0.6 is 22.7 Å². The monoisotopic (exact) mass is 400 g/mol. The van der Waals surface area contributed by atoms with E-state index in [0.717, 1.165) is 23.8 Å². The van der Waals surface area contributed by atoms with Crippen LogP contribution in [0.3, 0.4) is 0 Å². The van der Waals surface area contributed by atoms with Crippen LogP contribution in [-0.4, -0.2) is 4.98 Å².